The Balaban J connectivity index is 2.13. The van der Waals surface area contributed by atoms with Crippen molar-refractivity contribution < 1.29 is 9.90 Å². The monoisotopic (exact) mass is 274 g/mol. The summed E-state index contributed by atoms with van der Waals surface area (Å²) in [7, 11) is 0. The summed E-state index contributed by atoms with van der Waals surface area (Å²) in [6.45, 7) is 4.26. The van der Waals surface area contributed by atoms with E-state index in [1.165, 1.54) is 24.8 Å². The first-order chi connectivity index (χ1) is 9.61. The largest absolute Gasteiger partial charge is 0.481 e. The van der Waals surface area contributed by atoms with Crippen LogP contribution in [0.15, 0.2) is 24.3 Å². The minimum atomic E-state index is -0.615. The Morgan fingerprint density at radius 2 is 1.90 bits per heavy atom. The van der Waals surface area contributed by atoms with Crippen molar-refractivity contribution in [3.8, 4) is 0 Å². The highest BCUT2D eigenvalue weighted by molar-refractivity contribution is 5.71. The molecule has 110 valence electrons. The highest BCUT2D eigenvalue weighted by Gasteiger charge is 2.34. The van der Waals surface area contributed by atoms with E-state index in [0.717, 1.165) is 18.4 Å². The Hall–Kier alpha value is -1.31. The molecule has 1 aliphatic carbocycles. The molecule has 1 saturated carbocycles. The Labute approximate surface area is 122 Å². The second-order valence-corrected chi connectivity index (χ2v) is 6.25. The smallest absolute Gasteiger partial charge is 0.307 e. The van der Waals surface area contributed by atoms with Crippen molar-refractivity contribution in [3.63, 3.8) is 0 Å². The molecule has 0 amide bonds. The zero-order valence-electron chi connectivity index (χ0n) is 12.6. The molecule has 1 aliphatic rings. The van der Waals surface area contributed by atoms with Crippen LogP contribution in [-0.4, -0.2) is 11.1 Å². The summed E-state index contributed by atoms with van der Waals surface area (Å²) in [6, 6.07) is 8.31. The van der Waals surface area contributed by atoms with Gasteiger partial charge in [-0.3, -0.25) is 4.79 Å². The first-order valence-corrected chi connectivity index (χ1v) is 7.90. The van der Waals surface area contributed by atoms with E-state index in [0.29, 0.717) is 18.3 Å². The molecule has 0 saturated heterocycles. The van der Waals surface area contributed by atoms with E-state index in [-0.39, 0.29) is 5.92 Å². The van der Waals surface area contributed by atoms with E-state index in [1.54, 1.807) is 0 Å². The predicted molar refractivity (Wildman–Crippen MR) is 81.7 cm³/mol. The number of hydrogen-bond donors (Lipinski definition) is 1. The van der Waals surface area contributed by atoms with E-state index in [9.17, 15) is 9.90 Å². The van der Waals surface area contributed by atoms with Crippen LogP contribution in [0.1, 0.15) is 50.2 Å². The Morgan fingerprint density at radius 1 is 1.25 bits per heavy atom. The van der Waals surface area contributed by atoms with Gasteiger partial charge in [0, 0.05) is 0 Å². The first kappa shape index (κ1) is 15.1. The lowest BCUT2D eigenvalue weighted by molar-refractivity contribution is -0.145. The molecule has 2 heteroatoms. The molecule has 2 nitrogen and oxygen atoms in total. The highest BCUT2D eigenvalue weighted by atomic mass is 16.4. The minimum absolute atomic E-state index is 0.219. The maximum Gasteiger partial charge on any atom is 0.307 e. The quantitative estimate of drug-likeness (QED) is 0.861. The molecule has 1 aromatic carbocycles. The van der Waals surface area contributed by atoms with Gasteiger partial charge in [0.2, 0.25) is 0 Å². The van der Waals surface area contributed by atoms with Crippen molar-refractivity contribution in [1.82, 2.24) is 0 Å². The van der Waals surface area contributed by atoms with Gasteiger partial charge in [0.1, 0.15) is 0 Å². The molecule has 0 radical (unpaired) electrons. The number of hydrogen-bond acceptors (Lipinski definition) is 1. The average molecular weight is 274 g/mol. The summed E-state index contributed by atoms with van der Waals surface area (Å²) in [5.41, 5.74) is 2.38. The van der Waals surface area contributed by atoms with E-state index in [2.05, 4.69) is 38.1 Å². The molecule has 3 atom stereocenters. The fraction of sp³-hybridized carbons (Fsp3) is 0.611. The molecule has 3 unspecified atom stereocenters. The zero-order chi connectivity index (χ0) is 14.5. The van der Waals surface area contributed by atoms with Gasteiger partial charge in [-0.05, 0) is 37.2 Å². The fourth-order valence-corrected chi connectivity index (χ4v) is 3.67. The molecule has 1 aromatic rings. The van der Waals surface area contributed by atoms with Crippen molar-refractivity contribution in [2.24, 2.45) is 17.8 Å². The van der Waals surface area contributed by atoms with Gasteiger partial charge in [-0.15, -0.1) is 0 Å². The predicted octanol–water partition coefficient (Wildman–Crippen LogP) is 4.45. The maximum atomic E-state index is 11.7. The van der Waals surface area contributed by atoms with Crippen LogP contribution < -0.4 is 0 Å². The Kier molecular flexibility index (Phi) is 5.22. The summed E-state index contributed by atoms with van der Waals surface area (Å²) < 4.78 is 0. The zero-order valence-corrected chi connectivity index (χ0v) is 12.6. The van der Waals surface area contributed by atoms with Crippen LogP contribution in [0.25, 0.3) is 0 Å². The van der Waals surface area contributed by atoms with Crippen LogP contribution in [0.2, 0.25) is 0 Å². The summed E-state index contributed by atoms with van der Waals surface area (Å²) in [5, 5.41) is 9.65. The molecular formula is C18H26O2. The second-order valence-electron chi connectivity index (χ2n) is 6.25. The SMILES string of the molecule is CCC1CCCCC1C(Cc1ccc(C)cc1)C(=O)O. The number of aryl methyl sites for hydroxylation is 1. The van der Waals surface area contributed by atoms with Gasteiger partial charge in [0.05, 0.1) is 5.92 Å². The summed E-state index contributed by atoms with van der Waals surface area (Å²) in [5.74, 6) is 0.113. The van der Waals surface area contributed by atoms with Crippen molar-refractivity contribution in [1.29, 1.82) is 0 Å². The van der Waals surface area contributed by atoms with Crippen LogP contribution in [0.5, 0.6) is 0 Å². The maximum absolute atomic E-state index is 11.7. The summed E-state index contributed by atoms with van der Waals surface area (Å²) in [4.78, 5) is 11.7. The first-order valence-electron chi connectivity index (χ1n) is 7.90. The van der Waals surface area contributed by atoms with Crippen molar-refractivity contribution in [2.75, 3.05) is 0 Å². The molecule has 2 rings (SSSR count). The van der Waals surface area contributed by atoms with Crippen LogP contribution in [0, 0.1) is 24.7 Å². The molecule has 0 spiro atoms. The summed E-state index contributed by atoms with van der Waals surface area (Å²) in [6.07, 6.45) is 6.55. The second kappa shape index (κ2) is 6.92. The van der Waals surface area contributed by atoms with E-state index in [1.807, 2.05) is 0 Å². The number of carbonyl (C=O) groups is 1. The number of aliphatic carboxylic acids is 1. The van der Waals surface area contributed by atoms with Crippen LogP contribution in [0.4, 0.5) is 0 Å². The highest BCUT2D eigenvalue weighted by Crippen LogP contribution is 2.38. The summed E-state index contributed by atoms with van der Waals surface area (Å²) >= 11 is 0. The van der Waals surface area contributed by atoms with Gasteiger partial charge in [0.15, 0.2) is 0 Å². The van der Waals surface area contributed by atoms with Gasteiger partial charge in [0.25, 0.3) is 0 Å². The molecule has 0 heterocycles. The van der Waals surface area contributed by atoms with Gasteiger partial charge in [-0.1, -0.05) is 62.4 Å². The number of benzene rings is 1. The fourth-order valence-electron chi connectivity index (χ4n) is 3.67. The number of rotatable bonds is 5. The molecule has 1 fully saturated rings. The van der Waals surface area contributed by atoms with Crippen LogP contribution >= 0.6 is 0 Å². The third kappa shape index (κ3) is 3.62. The van der Waals surface area contributed by atoms with Gasteiger partial charge >= 0.3 is 5.97 Å². The van der Waals surface area contributed by atoms with Crippen molar-refractivity contribution in [3.05, 3.63) is 35.4 Å². The lowest BCUT2D eigenvalue weighted by Gasteiger charge is -2.35. The molecule has 0 bridgehead atoms. The van der Waals surface area contributed by atoms with E-state index < -0.39 is 5.97 Å². The van der Waals surface area contributed by atoms with Gasteiger partial charge in [-0.2, -0.15) is 0 Å². The van der Waals surface area contributed by atoms with Gasteiger partial charge in [-0.25, -0.2) is 0 Å². The molecule has 20 heavy (non-hydrogen) atoms. The lowest BCUT2D eigenvalue weighted by atomic mass is 9.70. The third-order valence-corrected chi connectivity index (χ3v) is 4.90. The van der Waals surface area contributed by atoms with E-state index in [4.69, 9.17) is 0 Å². The molecule has 0 aliphatic heterocycles. The normalized spacial score (nSPS) is 24.3. The Morgan fingerprint density at radius 3 is 2.50 bits per heavy atom. The van der Waals surface area contributed by atoms with Crippen molar-refractivity contribution >= 4 is 5.97 Å². The van der Waals surface area contributed by atoms with E-state index >= 15 is 0 Å². The lowest BCUT2D eigenvalue weighted by Crippen LogP contribution is -2.33. The third-order valence-electron chi connectivity index (χ3n) is 4.90. The van der Waals surface area contributed by atoms with Crippen LogP contribution in [0.3, 0.4) is 0 Å². The molecular weight excluding hydrogens is 248 g/mol. The standard InChI is InChI=1S/C18H26O2/c1-3-15-6-4-5-7-16(15)17(18(19)20)12-14-10-8-13(2)9-11-14/h8-11,15-17H,3-7,12H2,1-2H3,(H,19,20). The molecule has 0 aromatic heterocycles. The minimum Gasteiger partial charge on any atom is -0.481 e. The Bertz CT molecular complexity index is 435. The van der Waals surface area contributed by atoms with Crippen LogP contribution in [-0.2, 0) is 11.2 Å². The topological polar surface area (TPSA) is 37.3 Å². The average Bonchev–Trinajstić information content (AvgIpc) is 2.46. The molecule has 1 N–H and O–H groups in total. The number of carboxylic acid groups (broad SMARTS) is 1. The number of carboxylic acids is 1. The van der Waals surface area contributed by atoms with Gasteiger partial charge < -0.3 is 5.11 Å². The van der Waals surface area contributed by atoms with Crippen molar-refractivity contribution in [2.45, 2.75) is 52.4 Å².